The van der Waals surface area contributed by atoms with Crippen LogP contribution in [-0.4, -0.2) is 9.97 Å². The Morgan fingerprint density at radius 2 is 1.97 bits per heavy atom. The summed E-state index contributed by atoms with van der Waals surface area (Å²) in [7, 11) is 0. The Morgan fingerprint density at radius 1 is 1.17 bits per heavy atom. The first-order valence-corrected chi connectivity index (χ1v) is 10.1. The number of benzene rings is 2. The number of H-pyrrole nitrogens is 1. The quantitative estimate of drug-likeness (QED) is 0.442. The fourth-order valence-corrected chi connectivity index (χ4v) is 4.30. The first-order valence-electron chi connectivity index (χ1n) is 8.87. The Balaban J connectivity index is 1.59. The molecule has 0 unspecified atom stereocenters. The van der Waals surface area contributed by atoms with Crippen LogP contribution in [0, 0.1) is 11.6 Å². The minimum absolute atomic E-state index is 0.247. The second kappa shape index (κ2) is 8.02. The summed E-state index contributed by atoms with van der Waals surface area (Å²) in [5.41, 5.74) is 1.89. The van der Waals surface area contributed by atoms with Crippen molar-refractivity contribution in [3.05, 3.63) is 86.2 Å². The van der Waals surface area contributed by atoms with E-state index in [1.807, 2.05) is 30.5 Å². The van der Waals surface area contributed by atoms with Crippen molar-refractivity contribution in [2.75, 3.05) is 0 Å². The lowest BCUT2D eigenvalue weighted by molar-refractivity contribution is 0.499. The highest BCUT2D eigenvalue weighted by atomic mass is 35.5. The van der Waals surface area contributed by atoms with Crippen LogP contribution < -0.4 is 10.9 Å². The van der Waals surface area contributed by atoms with Crippen LogP contribution in [0.25, 0.3) is 21.3 Å². The molecular formula is C21H16ClF2N3OS. The van der Waals surface area contributed by atoms with E-state index < -0.39 is 11.6 Å². The van der Waals surface area contributed by atoms with Gasteiger partial charge in [0.25, 0.3) is 5.56 Å². The third-order valence-corrected chi connectivity index (χ3v) is 5.88. The number of fused-ring (bicyclic) bond motifs is 1. The summed E-state index contributed by atoms with van der Waals surface area (Å²) in [6.45, 7) is 2.09. The molecule has 4 rings (SSSR count). The van der Waals surface area contributed by atoms with Crippen LogP contribution in [0.4, 0.5) is 8.78 Å². The molecule has 4 aromatic rings. The van der Waals surface area contributed by atoms with Gasteiger partial charge in [-0.1, -0.05) is 35.9 Å². The van der Waals surface area contributed by atoms with Gasteiger partial charge in [0.15, 0.2) is 11.6 Å². The zero-order chi connectivity index (χ0) is 20.5. The number of aromatic amines is 1. The van der Waals surface area contributed by atoms with Crippen molar-refractivity contribution >= 4 is 33.2 Å². The van der Waals surface area contributed by atoms with Crippen LogP contribution >= 0.6 is 22.9 Å². The minimum atomic E-state index is -0.894. The average molecular weight is 432 g/mol. The Hall–Kier alpha value is -2.61. The number of hydrogen-bond donors (Lipinski definition) is 2. The molecule has 0 saturated carbocycles. The summed E-state index contributed by atoms with van der Waals surface area (Å²) in [4.78, 5) is 20.7. The van der Waals surface area contributed by atoms with Gasteiger partial charge in [0, 0.05) is 27.6 Å². The highest BCUT2D eigenvalue weighted by Gasteiger charge is 2.15. The van der Waals surface area contributed by atoms with Crippen molar-refractivity contribution in [1.82, 2.24) is 15.3 Å². The molecular weight excluding hydrogens is 416 g/mol. The zero-order valence-corrected chi connectivity index (χ0v) is 16.9. The summed E-state index contributed by atoms with van der Waals surface area (Å²) in [5, 5.41) is 6.10. The van der Waals surface area contributed by atoms with Crippen LogP contribution in [0.2, 0.25) is 5.02 Å². The van der Waals surface area contributed by atoms with Gasteiger partial charge >= 0.3 is 0 Å². The van der Waals surface area contributed by atoms with E-state index in [1.54, 1.807) is 6.07 Å². The number of nitrogens with one attached hydrogen (secondary N) is 2. The molecule has 0 bridgehead atoms. The van der Waals surface area contributed by atoms with Crippen LogP contribution in [0.5, 0.6) is 0 Å². The topological polar surface area (TPSA) is 57.8 Å². The molecule has 0 spiro atoms. The molecule has 2 N–H and O–H groups in total. The molecule has 0 radical (unpaired) electrons. The van der Waals surface area contributed by atoms with Crippen molar-refractivity contribution in [3.8, 4) is 11.1 Å². The monoisotopic (exact) mass is 431 g/mol. The molecule has 2 heterocycles. The molecule has 29 heavy (non-hydrogen) atoms. The summed E-state index contributed by atoms with van der Waals surface area (Å²) < 4.78 is 26.5. The molecule has 4 nitrogen and oxygen atoms in total. The van der Waals surface area contributed by atoms with Gasteiger partial charge in [-0.05, 0) is 30.7 Å². The predicted octanol–water partition coefficient (Wildman–Crippen LogP) is 5.43. The first kappa shape index (κ1) is 19.7. The lowest BCUT2D eigenvalue weighted by Crippen LogP contribution is -2.22. The summed E-state index contributed by atoms with van der Waals surface area (Å²) in [6, 6.07) is 10.9. The normalized spacial score (nSPS) is 12.4. The maximum Gasteiger partial charge on any atom is 0.260 e. The summed E-state index contributed by atoms with van der Waals surface area (Å²) >= 11 is 7.65. The fourth-order valence-electron chi connectivity index (χ4n) is 3.10. The van der Waals surface area contributed by atoms with Crippen LogP contribution in [0.1, 0.15) is 24.4 Å². The Labute approximate surface area is 174 Å². The van der Waals surface area contributed by atoms with E-state index in [2.05, 4.69) is 15.3 Å². The van der Waals surface area contributed by atoms with Crippen LogP contribution in [0.15, 0.2) is 52.6 Å². The van der Waals surface area contributed by atoms with E-state index in [1.165, 1.54) is 17.4 Å². The van der Waals surface area contributed by atoms with Gasteiger partial charge in [0.05, 0.1) is 11.9 Å². The number of halogens is 3. The molecule has 8 heteroatoms. The van der Waals surface area contributed by atoms with Crippen molar-refractivity contribution < 1.29 is 8.78 Å². The smallest absolute Gasteiger partial charge is 0.260 e. The van der Waals surface area contributed by atoms with Gasteiger partial charge in [-0.2, -0.15) is 0 Å². The second-order valence-electron chi connectivity index (χ2n) is 6.60. The van der Waals surface area contributed by atoms with E-state index in [0.29, 0.717) is 26.6 Å². The highest BCUT2D eigenvalue weighted by Crippen LogP contribution is 2.34. The second-order valence-corrected chi connectivity index (χ2v) is 7.86. The van der Waals surface area contributed by atoms with Gasteiger partial charge in [-0.25, -0.2) is 13.8 Å². The number of nitrogens with zero attached hydrogens (tertiary/aromatic N) is 1. The van der Waals surface area contributed by atoms with E-state index in [-0.39, 0.29) is 18.1 Å². The Morgan fingerprint density at radius 3 is 2.72 bits per heavy atom. The van der Waals surface area contributed by atoms with Gasteiger partial charge in [-0.3, -0.25) is 4.79 Å². The van der Waals surface area contributed by atoms with Gasteiger partial charge in [0.1, 0.15) is 10.7 Å². The van der Waals surface area contributed by atoms with E-state index >= 15 is 0 Å². The molecule has 0 aliphatic heterocycles. The Bertz CT molecular complexity index is 1250. The first-order chi connectivity index (χ1) is 13.9. The van der Waals surface area contributed by atoms with Gasteiger partial charge < -0.3 is 10.3 Å². The van der Waals surface area contributed by atoms with Crippen molar-refractivity contribution in [2.45, 2.75) is 19.5 Å². The zero-order valence-electron chi connectivity index (χ0n) is 15.3. The third kappa shape index (κ3) is 3.94. The van der Waals surface area contributed by atoms with Crippen LogP contribution in [-0.2, 0) is 6.54 Å². The Kier molecular flexibility index (Phi) is 5.45. The minimum Gasteiger partial charge on any atom is -0.309 e. The fraction of sp³-hybridized carbons (Fsp3) is 0.143. The molecule has 0 aliphatic rings. The van der Waals surface area contributed by atoms with Gasteiger partial charge in [-0.15, -0.1) is 11.3 Å². The van der Waals surface area contributed by atoms with E-state index in [9.17, 15) is 13.6 Å². The largest absolute Gasteiger partial charge is 0.309 e. The van der Waals surface area contributed by atoms with Crippen molar-refractivity contribution in [3.63, 3.8) is 0 Å². The number of thiophene rings is 1. The third-order valence-electron chi connectivity index (χ3n) is 4.68. The average Bonchev–Trinajstić information content (AvgIpc) is 3.13. The SMILES string of the molecule is C[C@@H](NCc1nc2scc(-c3ccccc3Cl)c2c(=O)[nH]1)c1ccc(F)c(F)c1. The maximum atomic E-state index is 13.4. The van der Waals surface area contributed by atoms with E-state index in [0.717, 1.165) is 23.3 Å². The van der Waals surface area contributed by atoms with Gasteiger partial charge in [0.2, 0.25) is 0 Å². The molecule has 148 valence electrons. The van der Waals surface area contributed by atoms with E-state index in [4.69, 9.17) is 11.6 Å². The highest BCUT2D eigenvalue weighted by molar-refractivity contribution is 7.17. The standard InChI is InChI=1S/C21H16ClF2N3OS/c1-11(12-6-7-16(23)17(24)8-12)25-9-18-26-20(28)19-14(10-29-21(19)27-18)13-4-2-3-5-15(13)22/h2-8,10-11,25H,9H2,1H3,(H,26,27,28)/t11-/m1/s1. The summed E-state index contributed by atoms with van der Waals surface area (Å²) in [5.74, 6) is -1.32. The number of rotatable bonds is 5. The number of hydrogen-bond acceptors (Lipinski definition) is 4. The molecule has 2 aromatic carbocycles. The maximum absolute atomic E-state index is 13.4. The molecule has 0 saturated heterocycles. The summed E-state index contributed by atoms with van der Waals surface area (Å²) in [6.07, 6.45) is 0. The molecule has 0 aliphatic carbocycles. The molecule has 1 atom stereocenters. The molecule has 0 amide bonds. The van der Waals surface area contributed by atoms with Crippen molar-refractivity contribution in [1.29, 1.82) is 0 Å². The van der Waals surface area contributed by atoms with Crippen molar-refractivity contribution in [2.24, 2.45) is 0 Å². The predicted molar refractivity (Wildman–Crippen MR) is 112 cm³/mol. The van der Waals surface area contributed by atoms with Crippen LogP contribution in [0.3, 0.4) is 0 Å². The lowest BCUT2D eigenvalue weighted by Gasteiger charge is -2.14. The molecule has 2 aromatic heterocycles. The lowest BCUT2D eigenvalue weighted by atomic mass is 10.1. The number of aromatic nitrogens is 2. The molecule has 0 fully saturated rings.